The lowest BCUT2D eigenvalue weighted by atomic mass is 9.87. The average Bonchev–Trinajstić information content (AvgIpc) is 2.62. The van der Waals surface area contributed by atoms with Crippen LogP contribution in [0.1, 0.15) is 12.8 Å². The number of hydrogen-bond acceptors (Lipinski definition) is 3. The van der Waals surface area contributed by atoms with Crippen molar-refractivity contribution in [2.75, 3.05) is 32.8 Å². The number of nitrogens with zero attached hydrogens (tertiary/aromatic N) is 1. The predicted octanol–water partition coefficient (Wildman–Crippen LogP) is -0.412. The fraction of sp³-hybridized carbons (Fsp3) is 1.00. The second-order valence-electron chi connectivity index (χ2n) is 3.91. The Labute approximate surface area is 67.9 Å². The van der Waals surface area contributed by atoms with Gasteiger partial charge >= 0.3 is 0 Å². The van der Waals surface area contributed by atoms with Crippen molar-refractivity contribution >= 4 is 0 Å². The predicted molar refractivity (Wildman–Crippen MR) is 45.2 cm³/mol. The Kier molecular flexibility index (Phi) is 1.87. The third kappa shape index (κ3) is 1.28. The molecule has 0 saturated carbocycles. The summed E-state index contributed by atoms with van der Waals surface area (Å²) in [6, 6.07) is 0. The number of hydrogen-bond donors (Lipinski definition) is 2. The number of rotatable bonds is 1. The van der Waals surface area contributed by atoms with Crippen molar-refractivity contribution < 1.29 is 0 Å². The molecule has 0 aromatic heterocycles. The minimum Gasteiger partial charge on any atom is -0.318 e. The van der Waals surface area contributed by atoms with Crippen molar-refractivity contribution in [1.29, 1.82) is 0 Å². The Morgan fingerprint density at radius 2 is 2.36 bits per heavy atom. The summed E-state index contributed by atoms with van der Waals surface area (Å²) in [6.07, 6.45) is 2.70. The lowest BCUT2D eigenvalue weighted by Gasteiger charge is -2.21. The quantitative estimate of drug-likeness (QED) is 0.541. The van der Waals surface area contributed by atoms with Crippen molar-refractivity contribution in [3.63, 3.8) is 0 Å². The lowest BCUT2D eigenvalue weighted by Crippen LogP contribution is -2.32. The fourth-order valence-corrected chi connectivity index (χ4v) is 2.33. The van der Waals surface area contributed by atoms with E-state index < -0.39 is 0 Å². The molecule has 2 rings (SSSR count). The molecule has 2 aliphatic rings. The highest BCUT2D eigenvalue weighted by Crippen LogP contribution is 2.35. The molecule has 3 nitrogen and oxygen atoms in total. The first-order valence-corrected chi connectivity index (χ1v) is 4.48. The van der Waals surface area contributed by atoms with Crippen LogP contribution >= 0.6 is 0 Å². The van der Waals surface area contributed by atoms with Gasteiger partial charge in [0.05, 0.1) is 0 Å². The van der Waals surface area contributed by atoms with Gasteiger partial charge in [-0.05, 0) is 24.8 Å². The Hall–Kier alpha value is -0.120. The third-order valence-electron chi connectivity index (χ3n) is 3.11. The third-order valence-corrected chi connectivity index (χ3v) is 3.11. The van der Waals surface area contributed by atoms with Gasteiger partial charge in [-0.1, -0.05) is 0 Å². The number of nitrogens with two attached hydrogens (primary N) is 1. The van der Waals surface area contributed by atoms with Crippen LogP contribution in [0.3, 0.4) is 0 Å². The minimum absolute atomic E-state index is 0.597. The van der Waals surface area contributed by atoms with Crippen LogP contribution in [0.2, 0.25) is 0 Å². The Morgan fingerprint density at radius 3 is 2.91 bits per heavy atom. The molecule has 0 aromatic rings. The van der Waals surface area contributed by atoms with Crippen molar-refractivity contribution in [1.82, 2.24) is 10.2 Å². The van der Waals surface area contributed by atoms with Gasteiger partial charge in [0, 0.05) is 26.3 Å². The van der Waals surface area contributed by atoms with Crippen LogP contribution in [-0.4, -0.2) is 37.7 Å². The van der Waals surface area contributed by atoms with Crippen LogP contribution in [0.25, 0.3) is 0 Å². The second-order valence-corrected chi connectivity index (χ2v) is 3.91. The molecule has 3 N–H and O–H groups in total. The summed E-state index contributed by atoms with van der Waals surface area (Å²) in [7, 11) is 0. The average molecular weight is 155 g/mol. The van der Waals surface area contributed by atoms with Gasteiger partial charge in [-0.3, -0.25) is 4.90 Å². The maximum atomic E-state index is 5.59. The summed E-state index contributed by atoms with van der Waals surface area (Å²) in [4.78, 5) is 2.35. The van der Waals surface area contributed by atoms with Gasteiger partial charge in [0.15, 0.2) is 0 Å². The van der Waals surface area contributed by atoms with E-state index in [4.69, 9.17) is 5.73 Å². The first kappa shape index (κ1) is 7.53. The largest absolute Gasteiger partial charge is 0.318 e. The lowest BCUT2D eigenvalue weighted by molar-refractivity contribution is 0.280. The summed E-state index contributed by atoms with van der Waals surface area (Å²) < 4.78 is 0. The van der Waals surface area contributed by atoms with Crippen molar-refractivity contribution in [2.45, 2.75) is 12.8 Å². The molecule has 1 unspecified atom stereocenters. The molecule has 2 aliphatic heterocycles. The van der Waals surface area contributed by atoms with Crippen LogP contribution in [0.5, 0.6) is 0 Å². The maximum absolute atomic E-state index is 5.59. The number of likely N-dealkylation sites (tertiary alicyclic amines) is 1. The van der Waals surface area contributed by atoms with Crippen molar-refractivity contribution in [2.24, 2.45) is 11.1 Å². The molecular formula is C8H17N3. The molecule has 0 aromatic carbocycles. The molecule has 2 heterocycles. The molecule has 3 heteroatoms. The SMILES string of the molecule is NCN1CCC2(CCNC2)C1. The number of nitrogens with one attached hydrogen (secondary N) is 1. The monoisotopic (exact) mass is 155 g/mol. The van der Waals surface area contributed by atoms with E-state index in [1.54, 1.807) is 0 Å². The Bertz CT molecular complexity index is 140. The van der Waals surface area contributed by atoms with E-state index in [2.05, 4.69) is 10.2 Å². The molecule has 2 saturated heterocycles. The van der Waals surface area contributed by atoms with Crippen LogP contribution in [-0.2, 0) is 0 Å². The molecule has 64 valence electrons. The van der Waals surface area contributed by atoms with Crippen LogP contribution in [0, 0.1) is 5.41 Å². The zero-order chi connectivity index (χ0) is 7.73. The van der Waals surface area contributed by atoms with E-state index in [1.165, 1.54) is 39.0 Å². The van der Waals surface area contributed by atoms with Crippen molar-refractivity contribution in [3.05, 3.63) is 0 Å². The second kappa shape index (κ2) is 2.73. The van der Waals surface area contributed by atoms with Crippen LogP contribution < -0.4 is 11.1 Å². The van der Waals surface area contributed by atoms with Gasteiger partial charge < -0.3 is 11.1 Å². The van der Waals surface area contributed by atoms with E-state index in [-0.39, 0.29) is 0 Å². The van der Waals surface area contributed by atoms with E-state index in [0.717, 1.165) is 6.67 Å². The summed E-state index contributed by atoms with van der Waals surface area (Å²) in [5, 5.41) is 3.43. The summed E-state index contributed by atoms with van der Waals surface area (Å²) in [5.41, 5.74) is 6.19. The Balaban J connectivity index is 1.96. The van der Waals surface area contributed by atoms with E-state index in [1.807, 2.05) is 0 Å². The fourth-order valence-electron chi connectivity index (χ4n) is 2.33. The topological polar surface area (TPSA) is 41.3 Å². The molecular weight excluding hydrogens is 138 g/mol. The summed E-state index contributed by atoms with van der Waals surface area (Å²) in [5.74, 6) is 0. The van der Waals surface area contributed by atoms with Gasteiger partial charge in [0.2, 0.25) is 0 Å². The Morgan fingerprint density at radius 1 is 1.45 bits per heavy atom. The van der Waals surface area contributed by atoms with E-state index >= 15 is 0 Å². The van der Waals surface area contributed by atoms with Gasteiger partial charge in [-0.25, -0.2) is 0 Å². The van der Waals surface area contributed by atoms with Crippen LogP contribution in [0.15, 0.2) is 0 Å². The molecule has 1 atom stereocenters. The van der Waals surface area contributed by atoms with Gasteiger partial charge in [-0.15, -0.1) is 0 Å². The molecule has 0 radical (unpaired) electrons. The first-order valence-electron chi connectivity index (χ1n) is 4.48. The van der Waals surface area contributed by atoms with Crippen molar-refractivity contribution in [3.8, 4) is 0 Å². The molecule has 2 fully saturated rings. The smallest absolute Gasteiger partial charge is 0.0455 e. The van der Waals surface area contributed by atoms with E-state index in [0.29, 0.717) is 5.41 Å². The zero-order valence-electron chi connectivity index (χ0n) is 6.97. The summed E-state index contributed by atoms with van der Waals surface area (Å²) in [6.45, 7) is 5.58. The molecule has 11 heavy (non-hydrogen) atoms. The molecule has 0 amide bonds. The highest BCUT2D eigenvalue weighted by molar-refractivity contribution is 4.95. The highest BCUT2D eigenvalue weighted by Gasteiger charge is 2.39. The van der Waals surface area contributed by atoms with Crippen LogP contribution in [0.4, 0.5) is 0 Å². The minimum atomic E-state index is 0.597. The van der Waals surface area contributed by atoms with Gasteiger partial charge in [0.1, 0.15) is 0 Å². The molecule has 0 bridgehead atoms. The molecule has 0 aliphatic carbocycles. The summed E-state index contributed by atoms with van der Waals surface area (Å²) >= 11 is 0. The zero-order valence-corrected chi connectivity index (χ0v) is 6.97. The normalized spacial score (nSPS) is 39.0. The van der Waals surface area contributed by atoms with E-state index in [9.17, 15) is 0 Å². The van der Waals surface area contributed by atoms with Gasteiger partial charge in [-0.2, -0.15) is 0 Å². The molecule has 1 spiro atoms. The highest BCUT2D eigenvalue weighted by atomic mass is 15.2. The first-order chi connectivity index (χ1) is 5.35. The standard InChI is InChI=1S/C8H17N3/c9-7-11-4-2-8(6-11)1-3-10-5-8/h10H,1-7,9H2. The maximum Gasteiger partial charge on any atom is 0.0455 e. The van der Waals surface area contributed by atoms with Gasteiger partial charge in [0.25, 0.3) is 0 Å².